The van der Waals surface area contributed by atoms with Crippen LogP contribution in [-0.4, -0.2) is 45.4 Å². The van der Waals surface area contributed by atoms with Gasteiger partial charge in [-0.15, -0.1) is 0 Å². The first-order chi connectivity index (χ1) is 9.81. The molecule has 1 aliphatic heterocycles. The zero-order valence-electron chi connectivity index (χ0n) is 11.9. The highest BCUT2D eigenvalue weighted by molar-refractivity contribution is 5.87. The van der Waals surface area contributed by atoms with E-state index in [-0.39, 0.29) is 11.9 Å². The summed E-state index contributed by atoms with van der Waals surface area (Å²) in [5, 5.41) is 6.18. The first-order valence-corrected chi connectivity index (χ1v) is 7.00. The molecule has 0 saturated heterocycles. The summed E-state index contributed by atoms with van der Waals surface area (Å²) in [5.41, 5.74) is 2.27. The second-order valence-corrected chi connectivity index (χ2v) is 4.81. The summed E-state index contributed by atoms with van der Waals surface area (Å²) < 4.78 is 10.2. The molecule has 0 fully saturated rings. The van der Waals surface area contributed by atoms with Gasteiger partial charge in [-0.3, -0.25) is 4.79 Å². The van der Waals surface area contributed by atoms with Gasteiger partial charge in [0.25, 0.3) is 0 Å². The Balaban J connectivity index is 1.60. The fourth-order valence-corrected chi connectivity index (χ4v) is 2.21. The second kappa shape index (κ2) is 7.87. The number of methoxy groups -OCH3 is 1. The number of hydrogen-bond donors (Lipinski definition) is 2. The number of carbonyl (C=O) groups is 1. The van der Waals surface area contributed by atoms with Gasteiger partial charge in [0.1, 0.15) is 6.04 Å². The summed E-state index contributed by atoms with van der Waals surface area (Å²) in [4.78, 5) is 12.0. The molecule has 0 radical (unpaired) electrons. The molecule has 0 aromatic heterocycles. The molecule has 20 heavy (non-hydrogen) atoms. The molecule has 1 heterocycles. The number of para-hydroxylation sites is 1. The lowest BCUT2D eigenvalue weighted by atomic mass is 10.1. The number of anilines is 1. The van der Waals surface area contributed by atoms with Crippen molar-refractivity contribution in [3.8, 4) is 0 Å². The van der Waals surface area contributed by atoms with Crippen molar-refractivity contribution in [3.63, 3.8) is 0 Å². The van der Waals surface area contributed by atoms with Crippen molar-refractivity contribution in [2.45, 2.75) is 18.9 Å². The summed E-state index contributed by atoms with van der Waals surface area (Å²) >= 11 is 0. The molecule has 5 nitrogen and oxygen atoms in total. The molecule has 1 unspecified atom stereocenters. The van der Waals surface area contributed by atoms with Crippen LogP contribution in [0.3, 0.4) is 0 Å². The molecular formula is C15H22N2O3. The van der Waals surface area contributed by atoms with E-state index in [4.69, 9.17) is 9.47 Å². The molecule has 5 heteroatoms. The van der Waals surface area contributed by atoms with Gasteiger partial charge in [-0.2, -0.15) is 0 Å². The smallest absolute Gasteiger partial charge is 0.242 e. The zero-order chi connectivity index (χ0) is 14.2. The van der Waals surface area contributed by atoms with Crippen LogP contribution in [0.1, 0.15) is 12.0 Å². The molecule has 0 spiro atoms. The van der Waals surface area contributed by atoms with Crippen LogP contribution in [0.4, 0.5) is 5.69 Å². The van der Waals surface area contributed by atoms with Crippen molar-refractivity contribution in [3.05, 3.63) is 29.8 Å². The predicted molar refractivity (Wildman–Crippen MR) is 77.9 cm³/mol. The van der Waals surface area contributed by atoms with Gasteiger partial charge in [-0.1, -0.05) is 18.2 Å². The average Bonchev–Trinajstić information content (AvgIpc) is 2.90. The minimum Gasteiger partial charge on any atom is -0.382 e. The molecule has 2 rings (SSSR count). The maximum absolute atomic E-state index is 12.0. The van der Waals surface area contributed by atoms with Crippen LogP contribution in [-0.2, 0) is 20.7 Å². The normalized spacial score (nSPS) is 16.6. The molecule has 1 aliphatic rings. The fourth-order valence-electron chi connectivity index (χ4n) is 2.21. The van der Waals surface area contributed by atoms with Crippen molar-refractivity contribution in [2.75, 3.05) is 38.8 Å². The molecule has 0 bridgehead atoms. The van der Waals surface area contributed by atoms with Crippen molar-refractivity contribution < 1.29 is 14.3 Å². The van der Waals surface area contributed by atoms with Gasteiger partial charge in [0.05, 0.1) is 13.2 Å². The largest absolute Gasteiger partial charge is 0.382 e. The quantitative estimate of drug-likeness (QED) is 0.701. The summed E-state index contributed by atoms with van der Waals surface area (Å²) in [6.07, 6.45) is 1.57. The number of fused-ring (bicyclic) bond motifs is 1. The van der Waals surface area contributed by atoms with Gasteiger partial charge in [0.2, 0.25) is 5.91 Å². The van der Waals surface area contributed by atoms with E-state index in [0.717, 1.165) is 18.5 Å². The summed E-state index contributed by atoms with van der Waals surface area (Å²) in [5.74, 6) is 0.0538. The molecule has 1 aromatic rings. The number of carbonyl (C=O) groups excluding carboxylic acids is 1. The fraction of sp³-hybridized carbons (Fsp3) is 0.533. The first kappa shape index (κ1) is 14.8. The van der Waals surface area contributed by atoms with Crippen LogP contribution < -0.4 is 10.6 Å². The third-order valence-corrected chi connectivity index (χ3v) is 3.28. The van der Waals surface area contributed by atoms with E-state index < -0.39 is 0 Å². The molecule has 110 valence electrons. The number of rotatable bonds is 8. The lowest BCUT2D eigenvalue weighted by molar-refractivity contribution is -0.121. The van der Waals surface area contributed by atoms with Crippen molar-refractivity contribution in [1.29, 1.82) is 0 Å². The monoisotopic (exact) mass is 278 g/mol. The Hall–Kier alpha value is -1.59. The van der Waals surface area contributed by atoms with E-state index in [0.29, 0.717) is 26.4 Å². The van der Waals surface area contributed by atoms with Gasteiger partial charge in [0.15, 0.2) is 0 Å². The maximum atomic E-state index is 12.0. The van der Waals surface area contributed by atoms with E-state index >= 15 is 0 Å². The minimum atomic E-state index is -0.151. The standard InChI is InChI=1S/C15H22N2O3/c1-19-9-10-20-8-4-7-16-15(18)14-11-12-5-2-3-6-13(12)17-14/h2-3,5-6,14,17H,4,7-11H2,1H3,(H,16,18). The summed E-state index contributed by atoms with van der Waals surface area (Å²) in [6.45, 7) is 2.49. The Kier molecular flexibility index (Phi) is 5.83. The Bertz CT molecular complexity index is 412. The van der Waals surface area contributed by atoms with Crippen LogP contribution in [0.15, 0.2) is 24.3 Å². The number of ether oxygens (including phenoxy) is 2. The highest BCUT2D eigenvalue weighted by Gasteiger charge is 2.25. The van der Waals surface area contributed by atoms with Gasteiger partial charge in [-0.25, -0.2) is 0 Å². The Labute approximate surface area is 119 Å². The lowest BCUT2D eigenvalue weighted by Crippen LogP contribution is -2.39. The van der Waals surface area contributed by atoms with Crippen LogP contribution in [0.5, 0.6) is 0 Å². The Morgan fingerprint density at radius 1 is 1.35 bits per heavy atom. The second-order valence-electron chi connectivity index (χ2n) is 4.81. The van der Waals surface area contributed by atoms with E-state index in [1.54, 1.807) is 7.11 Å². The SMILES string of the molecule is COCCOCCCNC(=O)C1Cc2ccccc2N1. The minimum absolute atomic E-state index is 0.0538. The van der Waals surface area contributed by atoms with Crippen LogP contribution >= 0.6 is 0 Å². The molecule has 0 aliphatic carbocycles. The predicted octanol–water partition coefficient (Wildman–Crippen LogP) is 1.19. The van der Waals surface area contributed by atoms with Gasteiger partial charge >= 0.3 is 0 Å². The zero-order valence-corrected chi connectivity index (χ0v) is 11.9. The highest BCUT2D eigenvalue weighted by atomic mass is 16.5. The van der Waals surface area contributed by atoms with E-state index in [1.165, 1.54) is 5.56 Å². The Morgan fingerprint density at radius 3 is 3.00 bits per heavy atom. The molecular weight excluding hydrogens is 256 g/mol. The molecule has 1 aromatic carbocycles. The van der Waals surface area contributed by atoms with Gasteiger partial charge in [0, 0.05) is 32.4 Å². The summed E-state index contributed by atoms with van der Waals surface area (Å²) in [7, 11) is 1.65. The van der Waals surface area contributed by atoms with Crippen molar-refractivity contribution >= 4 is 11.6 Å². The van der Waals surface area contributed by atoms with Crippen LogP contribution in [0.2, 0.25) is 0 Å². The van der Waals surface area contributed by atoms with E-state index in [1.807, 2.05) is 18.2 Å². The molecule has 1 atom stereocenters. The summed E-state index contributed by atoms with van der Waals surface area (Å²) in [6, 6.07) is 7.88. The number of nitrogens with one attached hydrogen (secondary N) is 2. The average molecular weight is 278 g/mol. The number of benzene rings is 1. The third kappa shape index (κ3) is 4.21. The highest BCUT2D eigenvalue weighted by Crippen LogP contribution is 2.24. The topological polar surface area (TPSA) is 59.6 Å². The molecule has 0 saturated carbocycles. The third-order valence-electron chi connectivity index (χ3n) is 3.28. The lowest BCUT2D eigenvalue weighted by Gasteiger charge is -2.12. The number of hydrogen-bond acceptors (Lipinski definition) is 4. The van der Waals surface area contributed by atoms with Gasteiger partial charge < -0.3 is 20.1 Å². The Morgan fingerprint density at radius 2 is 2.20 bits per heavy atom. The molecule has 1 amide bonds. The van der Waals surface area contributed by atoms with Crippen LogP contribution in [0, 0.1) is 0 Å². The number of amides is 1. The van der Waals surface area contributed by atoms with Crippen molar-refractivity contribution in [1.82, 2.24) is 5.32 Å². The van der Waals surface area contributed by atoms with E-state index in [2.05, 4.69) is 16.7 Å². The molecule has 2 N–H and O–H groups in total. The van der Waals surface area contributed by atoms with Crippen LogP contribution in [0.25, 0.3) is 0 Å². The maximum Gasteiger partial charge on any atom is 0.242 e. The van der Waals surface area contributed by atoms with Gasteiger partial charge in [-0.05, 0) is 18.1 Å². The first-order valence-electron chi connectivity index (χ1n) is 7.00. The van der Waals surface area contributed by atoms with E-state index in [9.17, 15) is 4.79 Å². The van der Waals surface area contributed by atoms with Crippen molar-refractivity contribution in [2.24, 2.45) is 0 Å².